The molecule has 3 heteroatoms. The summed E-state index contributed by atoms with van der Waals surface area (Å²) < 4.78 is 0. The van der Waals surface area contributed by atoms with Crippen LogP contribution in [0.1, 0.15) is 30.4 Å². The van der Waals surface area contributed by atoms with Crippen LogP contribution in [0.5, 0.6) is 0 Å². The van der Waals surface area contributed by atoms with Gasteiger partial charge in [-0.25, -0.2) is 4.90 Å². The van der Waals surface area contributed by atoms with Gasteiger partial charge in [-0.3, -0.25) is 9.59 Å². The molecule has 1 saturated heterocycles. The normalized spacial score (nSPS) is 35.0. The summed E-state index contributed by atoms with van der Waals surface area (Å²) in [5, 5.41) is 0. The van der Waals surface area contributed by atoms with Crippen LogP contribution in [-0.2, 0) is 9.59 Å². The molecule has 3 fully saturated rings. The zero-order valence-electron chi connectivity index (χ0n) is 11.9. The quantitative estimate of drug-likeness (QED) is 0.735. The number of aryl methyl sites for hydroxylation is 2. The first-order valence-corrected chi connectivity index (χ1v) is 7.53. The van der Waals surface area contributed by atoms with E-state index in [1.807, 2.05) is 32.0 Å². The first-order chi connectivity index (χ1) is 9.58. The SMILES string of the molecule is Cc1ccc(C)c(N2C(=O)[C@@H]3[C@H]4CC[C@@H](C4)[C@@H]3C2=O)c1. The molecule has 2 amide bonds. The van der Waals surface area contributed by atoms with Crippen molar-refractivity contribution in [1.29, 1.82) is 0 Å². The number of fused-ring (bicyclic) bond motifs is 5. The van der Waals surface area contributed by atoms with E-state index in [0.717, 1.165) is 36.1 Å². The van der Waals surface area contributed by atoms with Gasteiger partial charge in [-0.2, -0.15) is 0 Å². The lowest BCUT2D eigenvalue weighted by Crippen LogP contribution is -2.33. The molecule has 1 heterocycles. The molecular weight excluding hydrogens is 250 g/mol. The van der Waals surface area contributed by atoms with Gasteiger partial charge in [0.2, 0.25) is 11.8 Å². The number of anilines is 1. The lowest BCUT2D eigenvalue weighted by Gasteiger charge is -2.19. The van der Waals surface area contributed by atoms with E-state index in [-0.39, 0.29) is 23.7 Å². The molecule has 2 aliphatic carbocycles. The minimum absolute atomic E-state index is 0.0267. The Bertz CT molecular complexity index is 593. The second-order valence-corrected chi connectivity index (χ2v) is 6.69. The van der Waals surface area contributed by atoms with Crippen molar-refractivity contribution in [3.8, 4) is 0 Å². The van der Waals surface area contributed by atoms with Gasteiger partial charge in [0.25, 0.3) is 0 Å². The van der Waals surface area contributed by atoms with Crippen molar-refractivity contribution in [2.24, 2.45) is 23.7 Å². The molecule has 1 aliphatic heterocycles. The van der Waals surface area contributed by atoms with Crippen molar-refractivity contribution in [2.75, 3.05) is 4.90 Å². The molecule has 3 aliphatic rings. The van der Waals surface area contributed by atoms with Gasteiger partial charge in [-0.15, -0.1) is 0 Å². The maximum atomic E-state index is 12.8. The first-order valence-electron chi connectivity index (χ1n) is 7.53. The number of rotatable bonds is 1. The molecule has 3 nitrogen and oxygen atoms in total. The number of nitrogens with zero attached hydrogens (tertiary/aromatic N) is 1. The zero-order valence-corrected chi connectivity index (χ0v) is 11.9. The smallest absolute Gasteiger partial charge is 0.237 e. The molecule has 1 aromatic rings. The van der Waals surface area contributed by atoms with E-state index in [4.69, 9.17) is 0 Å². The molecule has 20 heavy (non-hydrogen) atoms. The molecule has 4 atom stereocenters. The fraction of sp³-hybridized carbons (Fsp3) is 0.529. The van der Waals surface area contributed by atoms with Gasteiger partial charge in [0.15, 0.2) is 0 Å². The van der Waals surface area contributed by atoms with Crippen molar-refractivity contribution in [3.63, 3.8) is 0 Å². The molecule has 104 valence electrons. The van der Waals surface area contributed by atoms with E-state index < -0.39 is 0 Å². The number of carbonyl (C=O) groups excluding carboxylic acids is 2. The Morgan fingerprint density at radius 1 is 1.00 bits per heavy atom. The van der Waals surface area contributed by atoms with E-state index in [2.05, 4.69) is 0 Å². The predicted molar refractivity (Wildman–Crippen MR) is 76.2 cm³/mol. The zero-order chi connectivity index (χ0) is 14.0. The van der Waals surface area contributed by atoms with Crippen molar-refractivity contribution < 1.29 is 9.59 Å². The average Bonchev–Trinajstić information content (AvgIpc) is 3.08. The largest absolute Gasteiger partial charge is 0.274 e. The lowest BCUT2D eigenvalue weighted by molar-refractivity contribution is -0.123. The van der Waals surface area contributed by atoms with Crippen molar-refractivity contribution in [3.05, 3.63) is 29.3 Å². The Morgan fingerprint density at radius 2 is 1.60 bits per heavy atom. The Hall–Kier alpha value is -1.64. The van der Waals surface area contributed by atoms with Gasteiger partial charge in [0, 0.05) is 0 Å². The standard InChI is InChI=1S/C17H19NO2/c1-9-3-4-10(2)13(7-9)18-16(19)14-11-5-6-12(8-11)15(14)17(18)20/h3-4,7,11-12,14-15H,5-6,8H2,1-2H3/t11-,12-,14-,15+/m0/s1. The van der Waals surface area contributed by atoms with Gasteiger partial charge in [0.1, 0.15) is 0 Å². The van der Waals surface area contributed by atoms with Gasteiger partial charge >= 0.3 is 0 Å². The molecule has 2 saturated carbocycles. The number of hydrogen-bond donors (Lipinski definition) is 0. The van der Waals surface area contributed by atoms with Crippen LogP contribution in [0.4, 0.5) is 5.69 Å². The molecule has 0 radical (unpaired) electrons. The second-order valence-electron chi connectivity index (χ2n) is 6.69. The monoisotopic (exact) mass is 269 g/mol. The minimum Gasteiger partial charge on any atom is -0.274 e. The summed E-state index contributed by atoms with van der Waals surface area (Å²) in [5.74, 6) is 0.970. The minimum atomic E-state index is -0.0267. The molecular formula is C17H19NO2. The maximum Gasteiger partial charge on any atom is 0.237 e. The van der Waals surface area contributed by atoms with E-state index in [1.54, 1.807) is 0 Å². The van der Waals surface area contributed by atoms with Gasteiger partial charge in [-0.05, 0) is 62.1 Å². The van der Waals surface area contributed by atoms with Crippen LogP contribution in [0.15, 0.2) is 18.2 Å². The van der Waals surface area contributed by atoms with E-state index in [9.17, 15) is 9.59 Å². The summed E-state index contributed by atoms with van der Waals surface area (Å²) in [4.78, 5) is 27.0. The number of benzene rings is 1. The molecule has 0 spiro atoms. The van der Waals surface area contributed by atoms with Crippen molar-refractivity contribution in [2.45, 2.75) is 33.1 Å². The summed E-state index contributed by atoms with van der Waals surface area (Å²) in [6, 6.07) is 5.98. The predicted octanol–water partition coefficient (Wildman–Crippen LogP) is 2.84. The van der Waals surface area contributed by atoms with Crippen LogP contribution >= 0.6 is 0 Å². The highest BCUT2D eigenvalue weighted by Crippen LogP contribution is 2.56. The number of carbonyl (C=O) groups is 2. The molecule has 4 rings (SSSR count). The van der Waals surface area contributed by atoms with Gasteiger partial charge in [-0.1, -0.05) is 12.1 Å². The third-order valence-corrected chi connectivity index (χ3v) is 5.53. The summed E-state index contributed by atoms with van der Waals surface area (Å²) in [7, 11) is 0. The van der Waals surface area contributed by atoms with Crippen LogP contribution in [0.2, 0.25) is 0 Å². The summed E-state index contributed by atoms with van der Waals surface area (Å²) >= 11 is 0. The van der Waals surface area contributed by atoms with E-state index >= 15 is 0 Å². The maximum absolute atomic E-state index is 12.8. The molecule has 0 unspecified atom stereocenters. The Kier molecular flexibility index (Phi) is 2.39. The average molecular weight is 269 g/mol. The Labute approximate surface area is 119 Å². The van der Waals surface area contributed by atoms with Crippen LogP contribution in [0.3, 0.4) is 0 Å². The number of imide groups is 1. The third kappa shape index (κ3) is 1.41. The van der Waals surface area contributed by atoms with Crippen LogP contribution < -0.4 is 4.90 Å². The van der Waals surface area contributed by atoms with Crippen molar-refractivity contribution >= 4 is 17.5 Å². The Balaban J connectivity index is 1.79. The number of amides is 2. The van der Waals surface area contributed by atoms with Crippen LogP contribution in [0.25, 0.3) is 0 Å². The van der Waals surface area contributed by atoms with Crippen molar-refractivity contribution in [1.82, 2.24) is 0 Å². The highest BCUT2D eigenvalue weighted by atomic mass is 16.2. The van der Waals surface area contributed by atoms with Gasteiger partial charge in [0.05, 0.1) is 17.5 Å². The van der Waals surface area contributed by atoms with Crippen LogP contribution in [0, 0.1) is 37.5 Å². The fourth-order valence-corrected chi connectivity index (χ4v) is 4.61. The highest BCUT2D eigenvalue weighted by Gasteiger charge is 2.61. The van der Waals surface area contributed by atoms with E-state index in [0.29, 0.717) is 11.8 Å². The van der Waals surface area contributed by atoms with E-state index in [1.165, 1.54) is 4.90 Å². The highest BCUT2D eigenvalue weighted by molar-refractivity contribution is 6.23. The number of hydrogen-bond acceptors (Lipinski definition) is 2. The Morgan fingerprint density at radius 3 is 2.20 bits per heavy atom. The molecule has 2 bridgehead atoms. The topological polar surface area (TPSA) is 37.4 Å². The summed E-state index contributed by atoms with van der Waals surface area (Å²) in [6.07, 6.45) is 3.35. The fourth-order valence-electron chi connectivity index (χ4n) is 4.61. The molecule has 0 N–H and O–H groups in total. The molecule has 1 aromatic carbocycles. The molecule has 0 aromatic heterocycles. The lowest BCUT2D eigenvalue weighted by atomic mass is 9.81. The first kappa shape index (κ1) is 12.1. The van der Waals surface area contributed by atoms with Gasteiger partial charge < -0.3 is 0 Å². The second kappa shape index (κ2) is 3.94. The third-order valence-electron chi connectivity index (χ3n) is 5.53. The van der Waals surface area contributed by atoms with Crippen LogP contribution in [-0.4, -0.2) is 11.8 Å². The summed E-state index contributed by atoms with van der Waals surface area (Å²) in [5.41, 5.74) is 2.89. The summed E-state index contributed by atoms with van der Waals surface area (Å²) in [6.45, 7) is 3.97.